The van der Waals surface area contributed by atoms with Gasteiger partial charge in [-0.15, -0.1) is 0 Å². The Morgan fingerprint density at radius 3 is 2.00 bits per heavy atom. The highest BCUT2D eigenvalue weighted by Gasteiger charge is 2.31. The molecule has 0 bridgehead atoms. The fourth-order valence-corrected chi connectivity index (χ4v) is 4.82. The predicted octanol–water partition coefficient (Wildman–Crippen LogP) is 6.04. The van der Waals surface area contributed by atoms with Gasteiger partial charge in [0, 0.05) is 25.6 Å². The van der Waals surface area contributed by atoms with E-state index in [0.717, 1.165) is 20.2 Å². The number of aryl methyl sites for hydroxylation is 1. The van der Waals surface area contributed by atoms with E-state index < -0.39 is 0 Å². The van der Waals surface area contributed by atoms with Gasteiger partial charge in [0.1, 0.15) is 0 Å². The summed E-state index contributed by atoms with van der Waals surface area (Å²) < 4.78 is 1.74. The number of anilines is 2. The molecule has 0 spiro atoms. The van der Waals surface area contributed by atoms with Crippen LogP contribution in [0, 0.1) is 6.92 Å². The van der Waals surface area contributed by atoms with Crippen LogP contribution >= 0.6 is 31.9 Å². The molecule has 3 aromatic carbocycles. The summed E-state index contributed by atoms with van der Waals surface area (Å²) in [6.45, 7) is 2.00. The quantitative estimate of drug-likeness (QED) is 0.388. The average Bonchev–Trinajstić information content (AvgIpc) is 2.62. The Morgan fingerprint density at radius 1 is 0.769 bits per heavy atom. The zero-order chi connectivity index (χ0) is 18.4. The fourth-order valence-electron chi connectivity index (χ4n) is 3.20. The lowest BCUT2D eigenvalue weighted by atomic mass is 9.83. The van der Waals surface area contributed by atoms with Crippen molar-refractivity contribution in [1.82, 2.24) is 0 Å². The van der Waals surface area contributed by atoms with Crippen LogP contribution in [0.4, 0.5) is 11.4 Å². The summed E-state index contributed by atoms with van der Waals surface area (Å²) in [6, 6.07) is 16.2. The molecular formula is C21H13Br2NO2. The van der Waals surface area contributed by atoms with Gasteiger partial charge in [-0.1, -0.05) is 36.4 Å². The van der Waals surface area contributed by atoms with E-state index >= 15 is 0 Å². The van der Waals surface area contributed by atoms with E-state index in [2.05, 4.69) is 37.2 Å². The van der Waals surface area contributed by atoms with Crippen molar-refractivity contribution < 1.29 is 9.59 Å². The molecule has 0 saturated carbocycles. The maximum atomic E-state index is 13.1. The smallest absolute Gasteiger partial charge is 0.196 e. The number of hydrogen-bond donors (Lipinski definition) is 1. The van der Waals surface area contributed by atoms with Gasteiger partial charge in [0.2, 0.25) is 0 Å². The summed E-state index contributed by atoms with van der Waals surface area (Å²) in [5, 5.41) is 3.31. The lowest BCUT2D eigenvalue weighted by Crippen LogP contribution is -2.22. The van der Waals surface area contributed by atoms with E-state index in [4.69, 9.17) is 0 Å². The van der Waals surface area contributed by atoms with Crippen LogP contribution in [-0.4, -0.2) is 11.6 Å². The number of rotatable bonds is 2. The molecule has 0 radical (unpaired) electrons. The highest BCUT2D eigenvalue weighted by molar-refractivity contribution is 9.11. The summed E-state index contributed by atoms with van der Waals surface area (Å²) in [5.41, 5.74) is 4.27. The monoisotopic (exact) mass is 469 g/mol. The molecule has 1 aliphatic rings. The molecule has 3 nitrogen and oxygen atoms in total. The molecule has 5 heteroatoms. The maximum absolute atomic E-state index is 13.1. The molecule has 0 amide bonds. The summed E-state index contributed by atoms with van der Waals surface area (Å²) in [6.07, 6.45) is 0. The largest absolute Gasteiger partial charge is 0.353 e. The SMILES string of the molecule is Cc1cc(Br)c(Nc2cccc3c2C(=O)c2ccccc2C3=O)c(Br)c1. The first kappa shape index (κ1) is 17.2. The first-order valence-electron chi connectivity index (χ1n) is 8.01. The van der Waals surface area contributed by atoms with E-state index in [-0.39, 0.29) is 11.6 Å². The number of nitrogens with one attached hydrogen (secondary N) is 1. The van der Waals surface area contributed by atoms with Gasteiger partial charge < -0.3 is 5.32 Å². The van der Waals surface area contributed by atoms with Crippen molar-refractivity contribution in [2.24, 2.45) is 0 Å². The summed E-state index contributed by atoms with van der Waals surface area (Å²) >= 11 is 7.12. The molecule has 0 atom stereocenters. The van der Waals surface area contributed by atoms with E-state index in [1.54, 1.807) is 36.4 Å². The van der Waals surface area contributed by atoms with Gasteiger partial charge in [-0.25, -0.2) is 0 Å². The van der Waals surface area contributed by atoms with Gasteiger partial charge in [0.05, 0.1) is 16.9 Å². The third-order valence-electron chi connectivity index (χ3n) is 4.40. The molecule has 0 saturated heterocycles. The van der Waals surface area contributed by atoms with Crippen LogP contribution in [0.5, 0.6) is 0 Å². The molecule has 1 N–H and O–H groups in total. The topological polar surface area (TPSA) is 46.2 Å². The molecule has 0 heterocycles. The van der Waals surface area contributed by atoms with Crippen molar-refractivity contribution in [2.75, 3.05) is 5.32 Å². The van der Waals surface area contributed by atoms with Crippen molar-refractivity contribution >= 4 is 54.8 Å². The molecule has 0 aliphatic heterocycles. The normalized spacial score (nSPS) is 12.6. The van der Waals surface area contributed by atoms with Crippen molar-refractivity contribution in [3.8, 4) is 0 Å². The first-order chi connectivity index (χ1) is 12.5. The molecule has 0 fully saturated rings. The van der Waals surface area contributed by atoms with E-state index in [1.807, 2.05) is 25.1 Å². The molecular weight excluding hydrogens is 458 g/mol. The number of hydrogen-bond acceptors (Lipinski definition) is 3. The van der Waals surface area contributed by atoms with Crippen molar-refractivity contribution in [3.05, 3.63) is 91.4 Å². The van der Waals surface area contributed by atoms with Crippen LogP contribution in [0.3, 0.4) is 0 Å². The van der Waals surface area contributed by atoms with Crippen LogP contribution in [0.2, 0.25) is 0 Å². The molecule has 0 aromatic heterocycles. The molecule has 128 valence electrons. The Labute approximate surface area is 167 Å². The Kier molecular flexibility index (Phi) is 4.29. The summed E-state index contributed by atoms with van der Waals surface area (Å²) in [7, 11) is 0. The Balaban J connectivity index is 1.87. The second kappa shape index (κ2) is 6.49. The average molecular weight is 471 g/mol. The zero-order valence-corrected chi connectivity index (χ0v) is 16.9. The van der Waals surface area contributed by atoms with Crippen molar-refractivity contribution in [1.29, 1.82) is 0 Å². The summed E-state index contributed by atoms with van der Waals surface area (Å²) in [5.74, 6) is -0.265. The van der Waals surface area contributed by atoms with E-state index in [9.17, 15) is 9.59 Å². The van der Waals surface area contributed by atoms with Gasteiger partial charge in [-0.2, -0.15) is 0 Å². The highest BCUT2D eigenvalue weighted by atomic mass is 79.9. The lowest BCUT2D eigenvalue weighted by Gasteiger charge is -2.21. The van der Waals surface area contributed by atoms with E-state index in [1.165, 1.54) is 0 Å². The number of fused-ring (bicyclic) bond motifs is 2. The number of carbonyl (C=O) groups is 2. The van der Waals surface area contributed by atoms with Gasteiger partial charge in [-0.05, 0) is 62.5 Å². The number of ketones is 2. The molecule has 26 heavy (non-hydrogen) atoms. The number of halogens is 2. The minimum absolute atomic E-state index is 0.124. The second-order valence-corrected chi connectivity index (χ2v) is 7.87. The van der Waals surface area contributed by atoms with E-state index in [0.29, 0.717) is 27.9 Å². The maximum Gasteiger partial charge on any atom is 0.196 e. The van der Waals surface area contributed by atoms with Crippen LogP contribution in [-0.2, 0) is 0 Å². The van der Waals surface area contributed by atoms with Gasteiger partial charge >= 0.3 is 0 Å². The molecule has 0 unspecified atom stereocenters. The van der Waals surface area contributed by atoms with Gasteiger partial charge in [-0.3, -0.25) is 9.59 Å². The number of benzene rings is 3. The van der Waals surface area contributed by atoms with Crippen molar-refractivity contribution in [2.45, 2.75) is 6.92 Å². The van der Waals surface area contributed by atoms with Gasteiger partial charge in [0.25, 0.3) is 0 Å². The third-order valence-corrected chi connectivity index (χ3v) is 5.65. The fraction of sp³-hybridized carbons (Fsp3) is 0.0476. The Morgan fingerprint density at radius 2 is 1.35 bits per heavy atom. The standard InChI is InChI=1S/C21H13Br2NO2/c1-11-9-15(22)19(16(23)10-11)24-17-8-4-7-14-18(17)21(26)13-6-3-2-5-12(13)20(14)25/h2-10,24H,1H3. The second-order valence-electron chi connectivity index (χ2n) is 6.16. The van der Waals surface area contributed by atoms with Crippen LogP contribution < -0.4 is 5.32 Å². The molecule has 1 aliphatic carbocycles. The lowest BCUT2D eigenvalue weighted by molar-refractivity contribution is 0.0979. The Bertz CT molecular complexity index is 1070. The van der Waals surface area contributed by atoms with Crippen LogP contribution in [0.15, 0.2) is 63.5 Å². The first-order valence-corrected chi connectivity index (χ1v) is 9.60. The minimum atomic E-state index is -0.141. The number of carbonyl (C=O) groups excluding carboxylic acids is 2. The third kappa shape index (κ3) is 2.72. The highest BCUT2D eigenvalue weighted by Crippen LogP contribution is 2.38. The van der Waals surface area contributed by atoms with Crippen LogP contribution in [0.1, 0.15) is 37.4 Å². The molecule has 4 rings (SSSR count). The van der Waals surface area contributed by atoms with Crippen molar-refractivity contribution in [3.63, 3.8) is 0 Å². The minimum Gasteiger partial charge on any atom is -0.353 e. The Hall–Kier alpha value is -2.24. The predicted molar refractivity (Wildman–Crippen MR) is 110 cm³/mol. The van der Waals surface area contributed by atoms with Gasteiger partial charge in [0.15, 0.2) is 11.6 Å². The zero-order valence-electron chi connectivity index (χ0n) is 13.8. The summed E-state index contributed by atoms with van der Waals surface area (Å²) in [4.78, 5) is 25.9. The molecule has 3 aromatic rings. The van der Waals surface area contributed by atoms with Crippen LogP contribution in [0.25, 0.3) is 0 Å².